The van der Waals surface area contributed by atoms with Gasteiger partial charge in [-0.1, -0.05) is 24.3 Å². The third-order valence-electron chi connectivity index (χ3n) is 2.29. The smallest absolute Gasteiger partial charge is 0.0722 e. The molecule has 0 atom stereocenters. The van der Waals surface area contributed by atoms with Gasteiger partial charge in [-0.25, -0.2) is 5.84 Å². The average Bonchev–Trinajstić information content (AvgIpc) is 2.51. The van der Waals surface area contributed by atoms with E-state index in [1.807, 2.05) is 35.1 Å². The molecule has 3 nitrogen and oxygen atoms in total. The van der Waals surface area contributed by atoms with E-state index in [0.717, 1.165) is 11.4 Å². The van der Waals surface area contributed by atoms with E-state index < -0.39 is 0 Å². The van der Waals surface area contributed by atoms with Crippen molar-refractivity contribution in [3.63, 3.8) is 0 Å². The predicted octanol–water partition coefficient (Wildman–Crippen LogP) is 2.39. The lowest BCUT2D eigenvalue weighted by Gasteiger charge is -2.29. The first-order valence-corrected chi connectivity index (χ1v) is 6.12. The molecule has 0 aliphatic carbocycles. The molecule has 0 fully saturated rings. The van der Waals surface area contributed by atoms with Crippen LogP contribution in [0.25, 0.3) is 0 Å². The van der Waals surface area contributed by atoms with E-state index in [2.05, 4.69) is 24.8 Å². The van der Waals surface area contributed by atoms with Gasteiger partial charge >= 0.3 is 0 Å². The lowest BCUT2D eigenvalue weighted by molar-refractivity contribution is 0.315. The Morgan fingerprint density at radius 1 is 1.50 bits per heavy atom. The summed E-state index contributed by atoms with van der Waals surface area (Å²) < 4.78 is 0. The fraction of sp³-hybridized carbons (Fsp3) is 0.167. The highest BCUT2D eigenvalue weighted by Crippen LogP contribution is 2.32. The Kier molecular flexibility index (Phi) is 3.66. The summed E-state index contributed by atoms with van der Waals surface area (Å²) in [6, 6.07) is 8.25. The molecular formula is C12H15N3S. The van der Waals surface area contributed by atoms with Crippen LogP contribution in [-0.4, -0.2) is 17.4 Å². The highest BCUT2D eigenvalue weighted by atomic mass is 32.2. The van der Waals surface area contributed by atoms with Gasteiger partial charge in [0.05, 0.1) is 12.2 Å². The van der Waals surface area contributed by atoms with Crippen LogP contribution in [0.4, 0.5) is 5.69 Å². The number of thioether (sulfide) groups is 1. The quantitative estimate of drug-likeness (QED) is 0.493. The maximum atomic E-state index is 5.97. The van der Waals surface area contributed by atoms with E-state index in [9.17, 15) is 0 Å². The highest BCUT2D eigenvalue weighted by Gasteiger charge is 2.15. The zero-order chi connectivity index (χ0) is 11.4. The zero-order valence-corrected chi connectivity index (χ0v) is 9.86. The number of hydrazine groups is 2. The third-order valence-corrected chi connectivity index (χ3v) is 3.30. The number of anilines is 1. The van der Waals surface area contributed by atoms with Gasteiger partial charge in [-0.15, -0.1) is 18.3 Å². The number of para-hydroxylation sites is 1. The third kappa shape index (κ3) is 2.29. The van der Waals surface area contributed by atoms with Gasteiger partial charge < -0.3 is 0 Å². The van der Waals surface area contributed by atoms with Gasteiger partial charge in [0, 0.05) is 16.8 Å². The van der Waals surface area contributed by atoms with Gasteiger partial charge in [-0.2, -0.15) is 5.12 Å². The molecular weight excluding hydrogens is 218 g/mol. The topological polar surface area (TPSA) is 32.5 Å². The Hall–Kier alpha value is -1.23. The highest BCUT2D eigenvalue weighted by molar-refractivity contribution is 7.99. The summed E-state index contributed by atoms with van der Waals surface area (Å²) in [5.74, 6) is 6.94. The van der Waals surface area contributed by atoms with Crippen LogP contribution >= 0.6 is 11.8 Å². The zero-order valence-electron chi connectivity index (χ0n) is 9.04. The Bertz CT molecular complexity index is 403. The molecule has 0 unspecified atom stereocenters. The molecule has 0 spiro atoms. The van der Waals surface area contributed by atoms with Gasteiger partial charge in [0.15, 0.2) is 0 Å². The minimum Gasteiger partial charge on any atom is -0.267 e. The maximum absolute atomic E-state index is 5.97. The van der Waals surface area contributed by atoms with Crippen molar-refractivity contribution in [2.45, 2.75) is 4.90 Å². The summed E-state index contributed by atoms with van der Waals surface area (Å²) in [5.41, 5.74) is 1.12. The number of hydrogen-bond acceptors (Lipinski definition) is 4. The number of benzene rings is 1. The number of nitrogens with zero attached hydrogens (tertiary/aromatic N) is 2. The van der Waals surface area contributed by atoms with Crippen molar-refractivity contribution < 1.29 is 0 Å². The molecule has 0 saturated carbocycles. The fourth-order valence-electron chi connectivity index (χ4n) is 1.57. The molecule has 16 heavy (non-hydrogen) atoms. The first-order chi connectivity index (χ1) is 7.83. The van der Waals surface area contributed by atoms with Crippen LogP contribution in [0, 0.1) is 0 Å². The molecule has 1 aromatic carbocycles. The molecule has 1 aliphatic heterocycles. The van der Waals surface area contributed by atoms with E-state index in [4.69, 9.17) is 5.84 Å². The van der Waals surface area contributed by atoms with Crippen LogP contribution in [0.3, 0.4) is 0 Å². The first-order valence-electron chi connectivity index (χ1n) is 5.13. The SMILES string of the molecule is C=CCN(N)N1C=CCSc2ccccc21. The van der Waals surface area contributed by atoms with Crippen molar-refractivity contribution in [1.82, 2.24) is 5.12 Å². The molecule has 1 heterocycles. The molecule has 4 heteroatoms. The van der Waals surface area contributed by atoms with Gasteiger partial charge in [-0.3, -0.25) is 5.01 Å². The summed E-state index contributed by atoms with van der Waals surface area (Å²) in [5, 5.41) is 3.60. The number of nitrogens with two attached hydrogens (primary N) is 1. The number of rotatable bonds is 3. The van der Waals surface area contributed by atoms with Crippen molar-refractivity contribution in [1.29, 1.82) is 0 Å². The summed E-state index contributed by atoms with van der Waals surface area (Å²) in [4.78, 5) is 1.24. The Morgan fingerprint density at radius 3 is 3.12 bits per heavy atom. The molecule has 1 aromatic rings. The van der Waals surface area contributed by atoms with E-state index in [1.165, 1.54) is 4.90 Å². The second-order valence-corrected chi connectivity index (χ2v) is 4.48. The number of fused-ring (bicyclic) bond motifs is 1. The second-order valence-electron chi connectivity index (χ2n) is 3.42. The van der Waals surface area contributed by atoms with Crippen LogP contribution in [0.2, 0.25) is 0 Å². The number of hydrogen-bond donors (Lipinski definition) is 1. The van der Waals surface area contributed by atoms with Crippen LogP contribution in [0.15, 0.2) is 54.1 Å². The molecule has 0 bridgehead atoms. The van der Waals surface area contributed by atoms with Gasteiger partial charge in [0.2, 0.25) is 0 Å². The molecule has 84 valence electrons. The van der Waals surface area contributed by atoms with Gasteiger partial charge in [0.1, 0.15) is 0 Å². The average molecular weight is 233 g/mol. The Balaban J connectivity index is 2.33. The predicted molar refractivity (Wildman–Crippen MR) is 69.9 cm³/mol. The van der Waals surface area contributed by atoms with Crippen molar-refractivity contribution in [3.8, 4) is 0 Å². The summed E-state index contributed by atoms with van der Waals surface area (Å²) in [6.07, 6.45) is 5.89. The minimum atomic E-state index is 0.614. The van der Waals surface area contributed by atoms with Crippen LogP contribution in [-0.2, 0) is 0 Å². The monoisotopic (exact) mass is 233 g/mol. The fourth-order valence-corrected chi connectivity index (χ4v) is 2.42. The van der Waals surface area contributed by atoms with Crippen LogP contribution < -0.4 is 10.9 Å². The first kappa shape index (κ1) is 11.3. The molecule has 0 amide bonds. The van der Waals surface area contributed by atoms with Gasteiger partial charge in [-0.05, 0) is 12.1 Å². The van der Waals surface area contributed by atoms with Crippen molar-refractivity contribution >= 4 is 17.4 Å². The lowest BCUT2D eigenvalue weighted by Crippen LogP contribution is -2.44. The second kappa shape index (κ2) is 5.21. The molecule has 2 rings (SSSR count). The van der Waals surface area contributed by atoms with Gasteiger partial charge in [0.25, 0.3) is 0 Å². The van der Waals surface area contributed by atoms with Crippen LogP contribution in [0.5, 0.6) is 0 Å². The van der Waals surface area contributed by atoms with E-state index in [0.29, 0.717) is 6.54 Å². The summed E-state index contributed by atoms with van der Waals surface area (Å²) in [7, 11) is 0. The van der Waals surface area contributed by atoms with Crippen molar-refractivity contribution in [3.05, 3.63) is 49.2 Å². The molecule has 0 radical (unpaired) electrons. The largest absolute Gasteiger partial charge is 0.267 e. The Morgan fingerprint density at radius 2 is 2.31 bits per heavy atom. The normalized spacial score (nSPS) is 14.8. The Labute approximate surface area is 100 Å². The van der Waals surface area contributed by atoms with Crippen LogP contribution in [0.1, 0.15) is 0 Å². The van der Waals surface area contributed by atoms with E-state index in [-0.39, 0.29) is 0 Å². The molecule has 0 saturated heterocycles. The van der Waals surface area contributed by atoms with E-state index in [1.54, 1.807) is 11.2 Å². The molecule has 1 aliphatic rings. The maximum Gasteiger partial charge on any atom is 0.0722 e. The molecule has 0 aromatic heterocycles. The molecule has 2 N–H and O–H groups in total. The van der Waals surface area contributed by atoms with Crippen molar-refractivity contribution in [2.24, 2.45) is 5.84 Å². The lowest BCUT2D eigenvalue weighted by atomic mass is 10.3. The minimum absolute atomic E-state index is 0.614. The summed E-state index contributed by atoms with van der Waals surface area (Å²) in [6.45, 7) is 4.31. The van der Waals surface area contributed by atoms with E-state index >= 15 is 0 Å². The standard InChI is InChI=1S/C12H15N3S/c1-2-8-15(13)14-9-5-10-16-12-7-4-3-6-11(12)14/h2-7,9H,1,8,10,13H2. The van der Waals surface area contributed by atoms with Crippen molar-refractivity contribution in [2.75, 3.05) is 17.3 Å². The summed E-state index contributed by atoms with van der Waals surface area (Å²) >= 11 is 1.81.